The van der Waals surface area contributed by atoms with Crippen LogP contribution in [0.25, 0.3) is 0 Å². The Bertz CT molecular complexity index is 653. The van der Waals surface area contributed by atoms with Crippen LogP contribution in [0.4, 0.5) is 0 Å². The van der Waals surface area contributed by atoms with Crippen LogP contribution in [-0.4, -0.2) is 38.1 Å². The maximum atomic E-state index is 12.3. The van der Waals surface area contributed by atoms with Crippen LogP contribution >= 0.6 is 0 Å². The molecule has 1 rings (SSSR count). The molecule has 0 aliphatic rings. The van der Waals surface area contributed by atoms with Gasteiger partial charge >= 0.3 is 0 Å². The van der Waals surface area contributed by atoms with E-state index in [9.17, 15) is 13.2 Å². The minimum atomic E-state index is -3.89. The highest BCUT2D eigenvalue weighted by molar-refractivity contribution is 7.89. The van der Waals surface area contributed by atoms with E-state index >= 15 is 0 Å². The van der Waals surface area contributed by atoms with Crippen LogP contribution < -0.4 is 21.7 Å². The second-order valence-electron chi connectivity index (χ2n) is 4.91. The number of nitrogens with one attached hydrogen (secondary N) is 2. The van der Waals surface area contributed by atoms with Crippen LogP contribution in [0.15, 0.2) is 34.2 Å². The fourth-order valence-electron chi connectivity index (χ4n) is 1.80. The number of carbonyl (C=O) groups is 1. The van der Waals surface area contributed by atoms with Crippen molar-refractivity contribution in [3.05, 3.63) is 29.8 Å². The van der Waals surface area contributed by atoms with E-state index in [-0.39, 0.29) is 23.8 Å². The van der Waals surface area contributed by atoms with Crippen molar-refractivity contribution in [2.45, 2.75) is 30.7 Å². The predicted octanol–water partition coefficient (Wildman–Crippen LogP) is -0.799. The van der Waals surface area contributed by atoms with Gasteiger partial charge in [-0.1, -0.05) is 17.7 Å². The maximum absolute atomic E-state index is 12.3. The number of sulfonamides is 1. The van der Waals surface area contributed by atoms with Gasteiger partial charge in [-0.25, -0.2) is 13.9 Å². The molecule has 128 valence electrons. The Morgan fingerprint density at radius 3 is 2.43 bits per heavy atom. The summed E-state index contributed by atoms with van der Waals surface area (Å²) in [4.78, 5) is 15.4. The van der Waals surface area contributed by atoms with Gasteiger partial charge in [0.15, 0.2) is 5.96 Å². The van der Waals surface area contributed by atoms with E-state index in [1.54, 1.807) is 12.1 Å². The summed E-state index contributed by atoms with van der Waals surface area (Å²) in [7, 11) is -3.89. The Morgan fingerprint density at radius 2 is 1.91 bits per heavy atom. The van der Waals surface area contributed by atoms with Gasteiger partial charge in [-0.05, 0) is 31.9 Å². The number of aliphatic imine (C=N–C) groups is 1. The van der Waals surface area contributed by atoms with Crippen molar-refractivity contribution in [2.75, 3.05) is 6.54 Å². The van der Waals surface area contributed by atoms with E-state index in [1.807, 2.05) is 6.92 Å². The van der Waals surface area contributed by atoms with E-state index in [0.717, 1.165) is 5.56 Å². The molecule has 0 aliphatic carbocycles. The van der Waals surface area contributed by atoms with Crippen molar-refractivity contribution in [1.29, 1.82) is 0 Å². The number of guanidine groups is 1. The summed E-state index contributed by atoms with van der Waals surface area (Å²) in [6.07, 6.45) is 0.473. The second-order valence-corrected chi connectivity index (χ2v) is 6.63. The molecule has 1 aromatic carbocycles. The average Bonchev–Trinajstić information content (AvgIpc) is 2.49. The van der Waals surface area contributed by atoms with E-state index < -0.39 is 22.0 Å². The van der Waals surface area contributed by atoms with E-state index in [2.05, 4.69) is 9.71 Å². The first-order valence-electron chi connectivity index (χ1n) is 6.84. The normalized spacial score (nSPS) is 12.4. The third kappa shape index (κ3) is 6.22. The highest BCUT2D eigenvalue weighted by atomic mass is 32.2. The fraction of sp³-hybridized carbons (Fsp3) is 0.385. The zero-order valence-electron chi connectivity index (χ0n) is 12.7. The predicted molar refractivity (Wildman–Crippen MR) is 85.1 cm³/mol. The molecule has 23 heavy (non-hydrogen) atoms. The Hall–Kier alpha value is -2.17. The monoisotopic (exact) mass is 343 g/mol. The summed E-state index contributed by atoms with van der Waals surface area (Å²) in [5, 5.41) is 8.75. The standard InChI is InChI=1S/C13H21N5O4S/c1-9-4-6-10(7-5-9)23(21,22)18-11(12(19)17-20)3-2-8-16-13(14)15/h4-7,11,18,20H,2-3,8H2,1H3,(H,17,19)(H4,14,15,16)/t11-/m0/s1. The number of amides is 1. The van der Waals surface area contributed by atoms with Crippen LogP contribution in [0.1, 0.15) is 18.4 Å². The Labute approximate surface area is 134 Å². The molecule has 1 atom stereocenters. The van der Waals surface area contributed by atoms with Crippen molar-refractivity contribution in [2.24, 2.45) is 16.5 Å². The zero-order chi connectivity index (χ0) is 17.5. The SMILES string of the molecule is Cc1ccc(S(=O)(=O)N[C@@H](CCCN=C(N)N)C(=O)NO)cc1. The Kier molecular flexibility index (Phi) is 6.94. The first-order chi connectivity index (χ1) is 10.8. The van der Waals surface area contributed by atoms with Crippen molar-refractivity contribution in [1.82, 2.24) is 10.2 Å². The van der Waals surface area contributed by atoms with Crippen LogP contribution in [0.3, 0.4) is 0 Å². The molecule has 0 spiro atoms. The molecule has 1 aromatic rings. The number of hydroxylamine groups is 1. The molecule has 1 amide bonds. The summed E-state index contributed by atoms with van der Waals surface area (Å²) in [6.45, 7) is 2.07. The maximum Gasteiger partial charge on any atom is 0.261 e. The number of carbonyl (C=O) groups excluding carboxylic acids is 1. The molecule has 7 N–H and O–H groups in total. The molecule has 0 fully saturated rings. The van der Waals surface area contributed by atoms with Gasteiger partial charge < -0.3 is 11.5 Å². The number of hydrogen-bond acceptors (Lipinski definition) is 5. The minimum Gasteiger partial charge on any atom is -0.370 e. The van der Waals surface area contributed by atoms with E-state index in [0.29, 0.717) is 6.42 Å². The lowest BCUT2D eigenvalue weighted by Gasteiger charge is -2.16. The number of benzene rings is 1. The number of nitrogens with zero attached hydrogens (tertiary/aromatic N) is 1. The van der Waals surface area contributed by atoms with Crippen LogP contribution in [0, 0.1) is 6.92 Å². The van der Waals surface area contributed by atoms with Crippen LogP contribution in [0.5, 0.6) is 0 Å². The zero-order valence-corrected chi connectivity index (χ0v) is 13.5. The molecule has 0 saturated heterocycles. The highest BCUT2D eigenvalue weighted by Gasteiger charge is 2.25. The molecule has 0 radical (unpaired) electrons. The largest absolute Gasteiger partial charge is 0.370 e. The van der Waals surface area contributed by atoms with Crippen LogP contribution in [-0.2, 0) is 14.8 Å². The lowest BCUT2D eigenvalue weighted by molar-refractivity contribution is -0.131. The van der Waals surface area contributed by atoms with Gasteiger partial charge in [0, 0.05) is 6.54 Å². The van der Waals surface area contributed by atoms with Gasteiger partial charge in [0.05, 0.1) is 4.90 Å². The van der Waals surface area contributed by atoms with Gasteiger partial charge in [-0.15, -0.1) is 0 Å². The van der Waals surface area contributed by atoms with E-state index in [4.69, 9.17) is 16.7 Å². The lowest BCUT2D eigenvalue weighted by Crippen LogP contribution is -2.45. The van der Waals surface area contributed by atoms with Crippen molar-refractivity contribution in [3.63, 3.8) is 0 Å². The summed E-state index contributed by atoms with van der Waals surface area (Å²) in [5.74, 6) is -0.946. The third-order valence-corrected chi connectivity index (χ3v) is 4.49. The smallest absolute Gasteiger partial charge is 0.261 e. The number of aryl methyl sites for hydroxylation is 1. The second kappa shape index (κ2) is 8.46. The molecule has 0 unspecified atom stereocenters. The van der Waals surface area contributed by atoms with Gasteiger partial charge in [0.25, 0.3) is 5.91 Å². The molecule has 10 heteroatoms. The number of rotatable bonds is 8. The molecular weight excluding hydrogens is 322 g/mol. The molecule has 0 saturated carbocycles. The molecule has 0 aliphatic heterocycles. The molecule has 0 heterocycles. The Balaban J connectivity index is 2.81. The summed E-state index contributed by atoms with van der Waals surface area (Å²) < 4.78 is 26.8. The Morgan fingerprint density at radius 1 is 1.30 bits per heavy atom. The third-order valence-electron chi connectivity index (χ3n) is 3.00. The van der Waals surface area contributed by atoms with Crippen LogP contribution in [0.2, 0.25) is 0 Å². The van der Waals surface area contributed by atoms with Crippen molar-refractivity contribution < 1.29 is 18.4 Å². The average molecular weight is 343 g/mol. The van der Waals surface area contributed by atoms with E-state index in [1.165, 1.54) is 17.6 Å². The molecule has 0 aromatic heterocycles. The molecular formula is C13H21N5O4S. The molecule has 9 nitrogen and oxygen atoms in total. The quantitative estimate of drug-likeness (QED) is 0.137. The van der Waals surface area contributed by atoms with Gasteiger partial charge in [0.2, 0.25) is 10.0 Å². The first-order valence-corrected chi connectivity index (χ1v) is 8.33. The number of hydrogen-bond donors (Lipinski definition) is 5. The molecule has 0 bridgehead atoms. The summed E-state index contributed by atoms with van der Waals surface area (Å²) >= 11 is 0. The van der Waals surface area contributed by atoms with Gasteiger partial charge in [-0.2, -0.15) is 4.72 Å². The topological polar surface area (TPSA) is 160 Å². The summed E-state index contributed by atoms with van der Waals surface area (Å²) in [5.41, 5.74) is 12.7. The first kappa shape index (κ1) is 18.9. The highest BCUT2D eigenvalue weighted by Crippen LogP contribution is 2.12. The van der Waals surface area contributed by atoms with Crippen molar-refractivity contribution >= 4 is 21.9 Å². The number of nitrogens with two attached hydrogens (primary N) is 2. The lowest BCUT2D eigenvalue weighted by atomic mass is 10.1. The van der Waals surface area contributed by atoms with Gasteiger partial charge in [0.1, 0.15) is 6.04 Å². The van der Waals surface area contributed by atoms with Gasteiger partial charge in [-0.3, -0.25) is 15.0 Å². The van der Waals surface area contributed by atoms with Crippen molar-refractivity contribution in [3.8, 4) is 0 Å². The summed E-state index contributed by atoms with van der Waals surface area (Å²) in [6, 6.07) is 5.03. The minimum absolute atomic E-state index is 0.0306. The fourth-order valence-corrected chi connectivity index (χ4v) is 3.03.